The summed E-state index contributed by atoms with van der Waals surface area (Å²) < 4.78 is 0. The molecular formula is C29H56N4O. The highest BCUT2D eigenvalue weighted by molar-refractivity contribution is 5.75. The standard InChI is InChI=1S/C29H56N4O/c1-24(2)7-8-28(34)31-23-25-11-21-33(22-12-25)29(3,4)15-5-6-18-32-19-13-27(14-20-32)26-9-16-30-17-10-26/h24-27,30H,5-23H2,1-4H3,(H,31,34). The van der Waals surface area contributed by atoms with Crippen LogP contribution in [-0.2, 0) is 4.79 Å². The molecule has 0 radical (unpaired) electrons. The first kappa shape index (κ1) is 27.9. The minimum Gasteiger partial charge on any atom is -0.356 e. The van der Waals surface area contributed by atoms with Crippen molar-refractivity contribution in [2.24, 2.45) is 23.7 Å². The summed E-state index contributed by atoms with van der Waals surface area (Å²) in [6.07, 6.45) is 13.8. The number of unbranched alkanes of at least 4 members (excludes halogenated alkanes) is 1. The number of likely N-dealkylation sites (tertiary alicyclic amines) is 2. The van der Waals surface area contributed by atoms with Crippen LogP contribution in [0.15, 0.2) is 0 Å². The number of amides is 1. The van der Waals surface area contributed by atoms with Crippen molar-refractivity contribution in [3.63, 3.8) is 0 Å². The molecule has 3 aliphatic rings. The Hall–Kier alpha value is -0.650. The van der Waals surface area contributed by atoms with E-state index in [1.54, 1.807) is 0 Å². The molecule has 0 atom stereocenters. The molecule has 0 bridgehead atoms. The average molecular weight is 477 g/mol. The molecule has 5 nitrogen and oxygen atoms in total. The second-order valence-corrected chi connectivity index (χ2v) is 12.7. The van der Waals surface area contributed by atoms with Gasteiger partial charge in [-0.3, -0.25) is 9.69 Å². The number of nitrogens with one attached hydrogen (secondary N) is 2. The van der Waals surface area contributed by atoms with E-state index in [1.165, 1.54) is 104 Å². The molecule has 3 aliphatic heterocycles. The van der Waals surface area contributed by atoms with Crippen LogP contribution in [0.1, 0.15) is 98.3 Å². The first-order chi connectivity index (χ1) is 16.3. The molecule has 2 N–H and O–H groups in total. The fraction of sp³-hybridized carbons (Fsp3) is 0.966. The number of hydrogen-bond donors (Lipinski definition) is 2. The first-order valence-corrected chi connectivity index (χ1v) is 14.8. The Kier molecular flexibility index (Phi) is 11.6. The quantitative estimate of drug-likeness (QED) is 0.393. The monoisotopic (exact) mass is 476 g/mol. The van der Waals surface area contributed by atoms with Gasteiger partial charge in [-0.1, -0.05) is 20.3 Å². The van der Waals surface area contributed by atoms with E-state index < -0.39 is 0 Å². The highest BCUT2D eigenvalue weighted by Gasteiger charge is 2.31. The lowest BCUT2D eigenvalue weighted by molar-refractivity contribution is -0.121. The van der Waals surface area contributed by atoms with Crippen molar-refractivity contribution in [1.29, 1.82) is 0 Å². The van der Waals surface area contributed by atoms with Gasteiger partial charge >= 0.3 is 0 Å². The van der Waals surface area contributed by atoms with E-state index >= 15 is 0 Å². The summed E-state index contributed by atoms with van der Waals surface area (Å²) in [5.41, 5.74) is 0.299. The van der Waals surface area contributed by atoms with Gasteiger partial charge in [0.25, 0.3) is 0 Å². The van der Waals surface area contributed by atoms with E-state index in [0.29, 0.717) is 23.8 Å². The molecule has 0 spiro atoms. The third-order valence-corrected chi connectivity index (χ3v) is 9.20. The Balaban J connectivity index is 1.24. The Morgan fingerprint density at radius 2 is 1.59 bits per heavy atom. The van der Waals surface area contributed by atoms with E-state index in [9.17, 15) is 4.79 Å². The van der Waals surface area contributed by atoms with E-state index in [4.69, 9.17) is 0 Å². The fourth-order valence-electron chi connectivity index (χ4n) is 6.52. The summed E-state index contributed by atoms with van der Waals surface area (Å²) in [6, 6.07) is 0. The topological polar surface area (TPSA) is 47.6 Å². The molecule has 3 saturated heterocycles. The highest BCUT2D eigenvalue weighted by atomic mass is 16.1. The van der Waals surface area contributed by atoms with Crippen LogP contribution in [0.3, 0.4) is 0 Å². The van der Waals surface area contributed by atoms with Crippen LogP contribution in [0.2, 0.25) is 0 Å². The van der Waals surface area contributed by atoms with Gasteiger partial charge in [-0.15, -0.1) is 0 Å². The van der Waals surface area contributed by atoms with Gasteiger partial charge in [-0.25, -0.2) is 0 Å². The predicted octanol–water partition coefficient (Wildman–Crippen LogP) is 4.91. The number of piperidine rings is 3. The van der Waals surface area contributed by atoms with Gasteiger partial charge in [0.1, 0.15) is 0 Å². The second-order valence-electron chi connectivity index (χ2n) is 12.7. The van der Waals surface area contributed by atoms with Crippen LogP contribution < -0.4 is 10.6 Å². The molecule has 0 aromatic heterocycles. The molecule has 1 amide bonds. The summed E-state index contributed by atoms with van der Waals surface area (Å²) in [7, 11) is 0. The number of hydrogen-bond acceptors (Lipinski definition) is 4. The summed E-state index contributed by atoms with van der Waals surface area (Å²) >= 11 is 0. The van der Waals surface area contributed by atoms with Crippen molar-refractivity contribution >= 4 is 5.91 Å². The van der Waals surface area contributed by atoms with Crippen LogP contribution in [0.4, 0.5) is 0 Å². The third-order valence-electron chi connectivity index (χ3n) is 9.20. The minimum atomic E-state index is 0.243. The zero-order chi connectivity index (χ0) is 24.4. The lowest BCUT2D eigenvalue weighted by atomic mass is 9.79. The molecule has 3 fully saturated rings. The highest BCUT2D eigenvalue weighted by Crippen LogP contribution is 2.31. The van der Waals surface area contributed by atoms with E-state index in [1.807, 2.05) is 0 Å². The van der Waals surface area contributed by atoms with Gasteiger partial charge in [0.05, 0.1) is 0 Å². The number of rotatable bonds is 12. The molecule has 198 valence electrons. The lowest BCUT2D eigenvalue weighted by Crippen LogP contribution is -2.49. The Morgan fingerprint density at radius 1 is 0.941 bits per heavy atom. The van der Waals surface area contributed by atoms with Crippen molar-refractivity contribution in [2.45, 2.75) is 104 Å². The summed E-state index contributed by atoms with van der Waals surface area (Å²) in [6.45, 7) is 19.0. The van der Waals surface area contributed by atoms with Crippen LogP contribution in [0, 0.1) is 23.7 Å². The zero-order valence-electron chi connectivity index (χ0n) is 23.0. The molecular weight excluding hydrogens is 420 g/mol. The van der Waals surface area contributed by atoms with Crippen molar-refractivity contribution < 1.29 is 4.79 Å². The zero-order valence-corrected chi connectivity index (χ0v) is 23.0. The van der Waals surface area contributed by atoms with Gasteiger partial charge in [0.15, 0.2) is 0 Å². The lowest BCUT2D eigenvalue weighted by Gasteiger charge is -2.43. The maximum Gasteiger partial charge on any atom is 0.220 e. The van der Waals surface area contributed by atoms with Gasteiger partial charge in [-0.2, -0.15) is 0 Å². The van der Waals surface area contributed by atoms with Crippen LogP contribution >= 0.6 is 0 Å². The normalized spacial score (nSPS) is 23.0. The Labute approximate surface area is 211 Å². The minimum absolute atomic E-state index is 0.243. The van der Waals surface area contributed by atoms with Gasteiger partial charge in [0.2, 0.25) is 5.91 Å². The summed E-state index contributed by atoms with van der Waals surface area (Å²) in [5, 5.41) is 6.71. The Morgan fingerprint density at radius 3 is 2.24 bits per heavy atom. The van der Waals surface area contributed by atoms with Crippen molar-refractivity contribution in [1.82, 2.24) is 20.4 Å². The van der Waals surface area contributed by atoms with Crippen molar-refractivity contribution in [3.05, 3.63) is 0 Å². The van der Waals surface area contributed by atoms with Gasteiger partial charge in [0, 0.05) is 18.5 Å². The van der Waals surface area contributed by atoms with Gasteiger partial charge in [-0.05, 0) is 141 Å². The third kappa shape index (κ3) is 9.43. The van der Waals surface area contributed by atoms with Crippen LogP contribution in [-0.4, -0.2) is 73.6 Å². The molecule has 0 aromatic rings. The number of carbonyl (C=O) groups excluding carboxylic acids is 1. The molecule has 3 heterocycles. The van der Waals surface area contributed by atoms with Crippen molar-refractivity contribution in [2.75, 3.05) is 52.4 Å². The molecule has 34 heavy (non-hydrogen) atoms. The molecule has 5 heteroatoms. The number of carbonyl (C=O) groups is 1. The van der Waals surface area contributed by atoms with E-state index in [-0.39, 0.29) is 5.91 Å². The van der Waals surface area contributed by atoms with Crippen LogP contribution in [0.25, 0.3) is 0 Å². The molecule has 0 aliphatic carbocycles. The summed E-state index contributed by atoms with van der Waals surface area (Å²) in [5.74, 6) is 3.49. The Bertz CT molecular complexity index is 571. The van der Waals surface area contributed by atoms with Crippen molar-refractivity contribution in [3.8, 4) is 0 Å². The summed E-state index contributed by atoms with van der Waals surface area (Å²) in [4.78, 5) is 17.5. The first-order valence-electron chi connectivity index (χ1n) is 14.8. The fourth-order valence-corrected chi connectivity index (χ4v) is 6.52. The maximum absolute atomic E-state index is 12.0. The van der Waals surface area contributed by atoms with Crippen LogP contribution in [0.5, 0.6) is 0 Å². The molecule has 0 aromatic carbocycles. The smallest absolute Gasteiger partial charge is 0.220 e. The molecule has 0 saturated carbocycles. The van der Waals surface area contributed by atoms with E-state index in [0.717, 1.165) is 24.8 Å². The van der Waals surface area contributed by atoms with Gasteiger partial charge < -0.3 is 15.5 Å². The largest absolute Gasteiger partial charge is 0.356 e. The van der Waals surface area contributed by atoms with E-state index in [2.05, 4.69) is 48.1 Å². The number of nitrogens with zero attached hydrogens (tertiary/aromatic N) is 2. The maximum atomic E-state index is 12.0. The molecule has 3 rings (SSSR count). The average Bonchev–Trinajstić information content (AvgIpc) is 2.85. The predicted molar refractivity (Wildman–Crippen MR) is 144 cm³/mol. The second kappa shape index (κ2) is 14.2. The molecule has 0 unspecified atom stereocenters. The SMILES string of the molecule is CC(C)CCC(=O)NCC1CCN(C(C)(C)CCCCN2CCC(C3CCNCC3)CC2)CC1.